The van der Waals surface area contributed by atoms with Gasteiger partial charge in [-0.1, -0.05) is 30.3 Å². The highest BCUT2D eigenvalue weighted by atomic mass is 32.2. The molecule has 6 nitrogen and oxygen atoms in total. The second-order valence-electron chi connectivity index (χ2n) is 5.23. The molecule has 1 aliphatic heterocycles. The first-order valence-electron chi connectivity index (χ1n) is 7.08. The van der Waals surface area contributed by atoms with Crippen molar-refractivity contribution in [2.24, 2.45) is 0 Å². The number of carbonyl (C=O) groups excluding carboxylic acids is 1. The molecule has 2 rings (SSSR count). The van der Waals surface area contributed by atoms with E-state index < -0.39 is 36.4 Å². The maximum Gasteiger partial charge on any atom is 0.217 e. The number of aliphatic hydroxyl groups is 3. The van der Waals surface area contributed by atoms with Crippen LogP contribution in [0, 0.1) is 0 Å². The minimum atomic E-state index is -1.24. The van der Waals surface area contributed by atoms with Crippen LogP contribution < -0.4 is 5.32 Å². The van der Waals surface area contributed by atoms with E-state index >= 15 is 0 Å². The molecule has 1 aromatic carbocycles. The van der Waals surface area contributed by atoms with Crippen LogP contribution in [0.25, 0.3) is 0 Å². The lowest BCUT2D eigenvalue weighted by molar-refractivity contribution is -0.173. The number of carbonyl (C=O) groups is 1. The van der Waals surface area contributed by atoms with E-state index in [9.17, 15) is 20.1 Å². The molecule has 0 spiro atoms. The van der Waals surface area contributed by atoms with Crippen molar-refractivity contribution in [1.82, 2.24) is 5.32 Å². The molecule has 1 aromatic rings. The third-order valence-corrected chi connectivity index (χ3v) is 4.74. The van der Waals surface area contributed by atoms with Crippen LogP contribution in [0.4, 0.5) is 0 Å². The lowest BCUT2D eigenvalue weighted by Crippen LogP contribution is -2.63. The fourth-order valence-electron chi connectivity index (χ4n) is 2.37. The van der Waals surface area contributed by atoms with E-state index in [0.717, 1.165) is 5.56 Å². The molecule has 1 fully saturated rings. The molecule has 122 valence electrons. The average molecular weight is 327 g/mol. The van der Waals surface area contributed by atoms with Crippen LogP contribution in [0.1, 0.15) is 12.5 Å². The largest absolute Gasteiger partial charge is 0.394 e. The number of rotatable bonds is 5. The van der Waals surface area contributed by atoms with Crippen molar-refractivity contribution in [3.8, 4) is 0 Å². The molecule has 0 radical (unpaired) electrons. The summed E-state index contributed by atoms with van der Waals surface area (Å²) in [6, 6.07) is 8.99. The zero-order chi connectivity index (χ0) is 16.1. The summed E-state index contributed by atoms with van der Waals surface area (Å²) < 4.78 is 5.64. The summed E-state index contributed by atoms with van der Waals surface area (Å²) >= 11 is 1.41. The third kappa shape index (κ3) is 4.21. The van der Waals surface area contributed by atoms with Crippen molar-refractivity contribution in [3.63, 3.8) is 0 Å². The number of ether oxygens (including phenoxy) is 1. The van der Waals surface area contributed by atoms with E-state index in [1.165, 1.54) is 18.7 Å². The minimum Gasteiger partial charge on any atom is -0.394 e. The van der Waals surface area contributed by atoms with E-state index in [4.69, 9.17) is 4.74 Å². The predicted molar refractivity (Wildman–Crippen MR) is 83.1 cm³/mol. The van der Waals surface area contributed by atoms with Crippen molar-refractivity contribution in [3.05, 3.63) is 35.9 Å². The van der Waals surface area contributed by atoms with Crippen LogP contribution in [0.3, 0.4) is 0 Å². The molecule has 0 saturated carbocycles. The van der Waals surface area contributed by atoms with Crippen LogP contribution in [0.2, 0.25) is 0 Å². The first-order valence-corrected chi connectivity index (χ1v) is 8.13. The van der Waals surface area contributed by atoms with Gasteiger partial charge in [-0.15, -0.1) is 11.8 Å². The van der Waals surface area contributed by atoms with Crippen LogP contribution >= 0.6 is 11.8 Å². The second-order valence-corrected chi connectivity index (χ2v) is 6.32. The van der Waals surface area contributed by atoms with Gasteiger partial charge in [0.05, 0.1) is 12.6 Å². The molecular weight excluding hydrogens is 306 g/mol. The van der Waals surface area contributed by atoms with Crippen molar-refractivity contribution in [2.75, 3.05) is 6.61 Å². The summed E-state index contributed by atoms with van der Waals surface area (Å²) in [5.74, 6) is 0.315. The Morgan fingerprint density at radius 2 is 1.95 bits per heavy atom. The van der Waals surface area contributed by atoms with Crippen LogP contribution in [-0.2, 0) is 15.3 Å². The van der Waals surface area contributed by atoms with Gasteiger partial charge in [0.1, 0.15) is 23.7 Å². The topological polar surface area (TPSA) is 99.0 Å². The van der Waals surface area contributed by atoms with Gasteiger partial charge in [-0.2, -0.15) is 0 Å². The Morgan fingerprint density at radius 3 is 2.55 bits per heavy atom. The van der Waals surface area contributed by atoms with Gasteiger partial charge in [0, 0.05) is 12.7 Å². The highest BCUT2D eigenvalue weighted by Crippen LogP contribution is 2.30. The van der Waals surface area contributed by atoms with Crippen LogP contribution in [-0.4, -0.2) is 57.6 Å². The highest BCUT2D eigenvalue weighted by Gasteiger charge is 2.44. The Balaban J connectivity index is 2.07. The summed E-state index contributed by atoms with van der Waals surface area (Å²) in [5.41, 5.74) is 0.526. The van der Waals surface area contributed by atoms with Gasteiger partial charge in [-0.25, -0.2) is 0 Å². The lowest BCUT2D eigenvalue weighted by Gasteiger charge is -2.42. The number of nitrogens with one attached hydrogen (secondary N) is 1. The van der Waals surface area contributed by atoms with Crippen molar-refractivity contribution in [1.29, 1.82) is 0 Å². The van der Waals surface area contributed by atoms with Gasteiger partial charge < -0.3 is 25.4 Å². The zero-order valence-electron chi connectivity index (χ0n) is 12.3. The van der Waals surface area contributed by atoms with Crippen molar-refractivity contribution < 1.29 is 24.9 Å². The Hall–Kier alpha value is -1.12. The van der Waals surface area contributed by atoms with E-state index in [0.29, 0.717) is 5.75 Å². The lowest BCUT2D eigenvalue weighted by atomic mass is 9.98. The van der Waals surface area contributed by atoms with E-state index in [2.05, 4.69) is 5.32 Å². The fourth-order valence-corrected chi connectivity index (χ4v) is 3.57. The Labute approximate surface area is 133 Å². The highest BCUT2D eigenvalue weighted by molar-refractivity contribution is 7.99. The molecule has 5 atom stereocenters. The molecule has 0 bridgehead atoms. The van der Waals surface area contributed by atoms with Gasteiger partial charge in [-0.05, 0) is 5.56 Å². The maximum absolute atomic E-state index is 11.3. The van der Waals surface area contributed by atoms with Gasteiger partial charge in [-0.3, -0.25) is 4.79 Å². The molecule has 4 N–H and O–H groups in total. The van der Waals surface area contributed by atoms with Crippen molar-refractivity contribution >= 4 is 17.7 Å². The number of hydrogen-bond acceptors (Lipinski definition) is 6. The molecule has 1 saturated heterocycles. The zero-order valence-corrected chi connectivity index (χ0v) is 13.1. The normalized spacial score (nSPS) is 31.7. The summed E-state index contributed by atoms with van der Waals surface area (Å²) in [6.07, 6.45) is -3.30. The summed E-state index contributed by atoms with van der Waals surface area (Å²) in [4.78, 5) is 11.3. The number of hydrogen-bond donors (Lipinski definition) is 4. The fraction of sp³-hybridized carbons (Fsp3) is 0.533. The molecule has 0 unspecified atom stereocenters. The Kier molecular flexibility index (Phi) is 6.22. The molecule has 0 aliphatic carbocycles. The summed E-state index contributed by atoms with van der Waals surface area (Å²) in [5, 5.41) is 32.0. The van der Waals surface area contributed by atoms with E-state index in [1.807, 2.05) is 30.3 Å². The third-order valence-electron chi connectivity index (χ3n) is 3.51. The van der Waals surface area contributed by atoms with Crippen LogP contribution in [0.15, 0.2) is 30.3 Å². The monoisotopic (exact) mass is 327 g/mol. The number of thioether (sulfide) groups is 1. The first-order chi connectivity index (χ1) is 10.5. The smallest absolute Gasteiger partial charge is 0.217 e. The summed E-state index contributed by atoms with van der Waals surface area (Å²) in [7, 11) is 0. The SMILES string of the molecule is CC(=O)N[C@@H]1[C@@H](O)[C@H](O)[C@@H](CO)O[C@@H]1SCc1ccccc1. The number of aliphatic hydroxyl groups excluding tert-OH is 3. The van der Waals surface area contributed by atoms with Crippen molar-refractivity contribution in [2.45, 2.75) is 42.5 Å². The number of benzene rings is 1. The van der Waals surface area contributed by atoms with Gasteiger partial charge in [0.15, 0.2) is 0 Å². The Bertz CT molecular complexity index is 486. The predicted octanol–water partition coefficient (Wildman–Crippen LogP) is -0.136. The van der Waals surface area contributed by atoms with E-state index in [-0.39, 0.29) is 5.91 Å². The molecule has 1 aliphatic rings. The molecule has 7 heteroatoms. The molecular formula is C15H21NO5S. The molecule has 1 heterocycles. The minimum absolute atomic E-state index is 0.312. The standard InChI is InChI=1S/C15H21NO5S/c1-9(18)16-12-14(20)13(19)11(7-17)21-15(12)22-8-10-5-3-2-4-6-10/h2-6,11-15,17,19-20H,7-8H2,1H3,(H,16,18)/t11-,12-,13-,14-,15-/m1/s1. The summed E-state index contributed by atoms with van der Waals surface area (Å²) in [6.45, 7) is 0.948. The van der Waals surface area contributed by atoms with Gasteiger partial charge in [0.2, 0.25) is 5.91 Å². The average Bonchev–Trinajstić information content (AvgIpc) is 2.52. The number of amides is 1. The van der Waals surface area contributed by atoms with Gasteiger partial charge >= 0.3 is 0 Å². The quantitative estimate of drug-likeness (QED) is 0.601. The first kappa shape index (κ1) is 17.2. The molecule has 22 heavy (non-hydrogen) atoms. The van der Waals surface area contributed by atoms with Gasteiger partial charge in [0.25, 0.3) is 0 Å². The molecule has 0 aromatic heterocycles. The molecule has 1 amide bonds. The Morgan fingerprint density at radius 1 is 1.27 bits per heavy atom. The van der Waals surface area contributed by atoms with E-state index in [1.54, 1.807) is 0 Å². The maximum atomic E-state index is 11.3. The van der Waals surface area contributed by atoms with Crippen LogP contribution in [0.5, 0.6) is 0 Å². The second kappa shape index (κ2) is 7.94.